The zero-order chi connectivity index (χ0) is 19.7. The molecule has 4 N–H and O–H groups in total. The predicted octanol–water partition coefficient (Wildman–Crippen LogP) is 2.85. The number of carbonyl (C=O) groups is 1. The van der Waals surface area contributed by atoms with E-state index in [1.54, 1.807) is 13.0 Å². The fourth-order valence-corrected chi connectivity index (χ4v) is 2.41. The first kappa shape index (κ1) is 23.8. The lowest BCUT2D eigenvalue weighted by Gasteiger charge is -2.25. The molecule has 0 aliphatic heterocycles. The number of rotatable bonds is 7. The Hall–Kier alpha value is -2.20. The highest BCUT2D eigenvalue weighted by Crippen LogP contribution is 2.18. The molecule has 2 rings (SSSR count). The van der Waals surface area contributed by atoms with Gasteiger partial charge in [-0.2, -0.15) is 0 Å². The monoisotopic (exact) mass is 500 g/mol. The van der Waals surface area contributed by atoms with Crippen LogP contribution >= 0.6 is 24.0 Å². The smallest absolute Gasteiger partial charge is 0.246 e. The number of aliphatic hydroxyl groups is 1. The average molecular weight is 500 g/mol. The van der Waals surface area contributed by atoms with Crippen molar-refractivity contribution in [1.29, 1.82) is 0 Å². The van der Waals surface area contributed by atoms with Crippen LogP contribution in [-0.2, 0) is 10.4 Å². The Balaban J connectivity index is 0.00000392. The number of benzene rings is 2. The number of amides is 1. The summed E-state index contributed by atoms with van der Waals surface area (Å²) < 4.78 is 13.2. The average Bonchev–Trinajstić information content (AvgIpc) is 2.65. The van der Waals surface area contributed by atoms with E-state index in [9.17, 15) is 14.3 Å². The second kappa shape index (κ2) is 11.6. The number of guanidine groups is 1. The SMILES string of the molecule is CCNC(=NCC(=O)Nc1cccc(F)c1)NCC(C)(O)c1ccccc1.I. The summed E-state index contributed by atoms with van der Waals surface area (Å²) in [7, 11) is 0. The van der Waals surface area contributed by atoms with Gasteiger partial charge in [-0.25, -0.2) is 9.38 Å². The van der Waals surface area contributed by atoms with E-state index in [4.69, 9.17) is 0 Å². The van der Waals surface area contributed by atoms with Crippen LogP contribution in [0.1, 0.15) is 19.4 Å². The van der Waals surface area contributed by atoms with Gasteiger partial charge in [0.2, 0.25) is 5.91 Å². The summed E-state index contributed by atoms with van der Waals surface area (Å²) in [6, 6.07) is 15.0. The number of nitrogens with zero attached hydrogens (tertiary/aromatic N) is 1. The fourth-order valence-electron chi connectivity index (χ4n) is 2.41. The van der Waals surface area contributed by atoms with E-state index >= 15 is 0 Å². The lowest BCUT2D eigenvalue weighted by Crippen LogP contribution is -2.44. The molecule has 0 aliphatic rings. The Labute approximate surface area is 181 Å². The first-order valence-corrected chi connectivity index (χ1v) is 8.76. The summed E-state index contributed by atoms with van der Waals surface area (Å²) in [6.07, 6.45) is 0. The van der Waals surface area contributed by atoms with E-state index in [1.165, 1.54) is 18.2 Å². The zero-order valence-corrected chi connectivity index (χ0v) is 18.2. The molecule has 8 heteroatoms. The molecule has 1 amide bonds. The van der Waals surface area contributed by atoms with E-state index in [0.29, 0.717) is 18.2 Å². The van der Waals surface area contributed by atoms with Crippen molar-refractivity contribution in [3.05, 3.63) is 66.0 Å². The van der Waals surface area contributed by atoms with E-state index < -0.39 is 11.4 Å². The maximum Gasteiger partial charge on any atom is 0.246 e. The maximum absolute atomic E-state index is 13.2. The maximum atomic E-state index is 13.2. The number of aliphatic imine (C=N–C) groups is 1. The molecule has 0 spiro atoms. The number of hydrogen-bond donors (Lipinski definition) is 4. The van der Waals surface area contributed by atoms with Crippen LogP contribution in [0.25, 0.3) is 0 Å². The number of halogens is 2. The van der Waals surface area contributed by atoms with Crippen molar-refractivity contribution in [3.8, 4) is 0 Å². The van der Waals surface area contributed by atoms with Crippen molar-refractivity contribution >= 4 is 41.5 Å². The summed E-state index contributed by atoms with van der Waals surface area (Å²) >= 11 is 0. The van der Waals surface area contributed by atoms with Crippen molar-refractivity contribution < 1.29 is 14.3 Å². The van der Waals surface area contributed by atoms with Gasteiger partial charge in [-0.15, -0.1) is 24.0 Å². The second-order valence-electron chi connectivity index (χ2n) is 6.25. The van der Waals surface area contributed by atoms with E-state index in [1.807, 2.05) is 37.3 Å². The second-order valence-corrected chi connectivity index (χ2v) is 6.25. The van der Waals surface area contributed by atoms with Crippen molar-refractivity contribution in [1.82, 2.24) is 10.6 Å². The van der Waals surface area contributed by atoms with Crippen LogP contribution in [0.3, 0.4) is 0 Å². The number of anilines is 1. The normalized spacial score (nSPS) is 13.1. The Morgan fingerprint density at radius 3 is 2.50 bits per heavy atom. The third-order valence-corrected chi connectivity index (χ3v) is 3.83. The molecule has 0 bridgehead atoms. The van der Waals surface area contributed by atoms with Gasteiger partial charge in [-0.05, 0) is 37.6 Å². The highest BCUT2D eigenvalue weighted by molar-refractivity contribution is 14.0. The first-order chi connectivity index (χ1) is 12.9. The van der Waals surface area contributed by atoms with Crippen LogP contribution in [-0.4, -0.2) is 36.6 Å². The molecule has 2 aromatic rings. The van der Waals surface area contributed by atoms with Gasteiger partial charge in [-0.1, -0.05) is 36.4 Å². The van der Waals surface area contributed by atoms with Gasteiger partial charge in [0.25, 0.3) is 0 Å². The summed E-state index contributed by atoms with van der Waals surface area (Å²) in [5.41, 5.74) is 0.0544. The van der Waals surface area contributed by atoms with Crippen LogP contribution in [0.2, 0.25) is 0 Å². The third-order valence-electron chi connectivity index (χ3n) is 3.83. The number of carbonyl (C=O) groups excluding carboxylic acids is 1. The topological polar surface area (TPSA) is 85.8 Å². The Morgan fingerprint density at radius 2 is 1.86 bits per heavy atom. The molecule has 28 heavy (non-hydrogen) atoms. The number of nitrogens with one attached hydrogen (secondary N) is 3. The fraction of sp³-hybridized carbons (Fsp3) is 0.300. The third kappa shape index (κ3) is 7.81. The van der Waals surface area contributed by atoms with E-state index in [2.05, 4.69) is 20.9 Å². The van der Waals surface area contributed by atoms with Gasteiger partial charge in [0.1, 0.15) is 18.0 Å². The molecular formula is C20H26FIN4O2. The molecule has 0 saturated carbocycles. The van der Waals surface area contributed by atoms with Gasteiger partial charge < -0.3 is 21.1 Å². The molecule has 1 unspecified atom stereocenters. The van der Waals surface area contributed by atoms with Gasteiger partial charge in [0.15, 0.2) is 5.96 Å². The lowest BCUT2D eigenvalue weighted by molar-refractivity contribution is -0.114. The molecular weight excluding hydrogens is 474 g/mol. The van der Waals surface area contributed by atoms with E-state index in [-0.39, 0.29) is 43.0 Å². The minimum atomic E-state index is -1.10. The molecule has 0 saturated heterocycles. The van der Waals surface area contributed by atoms with Gasteiger partial charge >= 0.3 is 0 Å². The summed E-state index contributed by atoms with van der Waals surface area (Å²) in [6.45, 7) is 4.29. The van der Waals surface area contributed by atoms with E-state index in [0.717, 1.165) is 5.56 Å². The lowest BCUT2D eigenvalue weighted by atomic mass is 9.96. The highest BCUT2D eigenvalue weighted by atomic mass is 127. The predicted molar refractivity (Wildman–Crippen MR) is 120 cm³/mol. The van der Waals surface area contributed by atoms with Gasteiger partial charge in [0, 0.05) is 12.2 Å². The molecule has 0 aromatic heterocycles. The molecule has 1 atom stereocenters. The zero-order valence-electron chi connectivity index (χ0n) is 15.9. The molecule has 0 fully saturated rings. The molecule has 0 aliphatic carbocycles. The summed E-state index contributed by atoms with van der Waals surface area (Å²) in [4.78, 5) is 16.2. The number of hydrogen-bond acceptors (Lipinski definition) is 3. The first-order valence-electron chi connectivity index (χ1n) is 8.76. The minimum Gasteiger partial charge on any atom is -0.384 e. The van der Waals surface area contributed by atoms with Crippen LogP contribution in [0.4, 0.5) is 10.1 Å². The van der Waals surface area contributed by atoms with Crippen molar-refractivity contribution in [2.75, 3.05) is 25.0 Å². The summed E-state index contributed by atoms with van der Waals surface area (Å²) in [5.74, 6) is -0.384. The molecule has 6 nitrogen and oxygen atoms in total. The molecule has 2 aromatic carbocycles. The minimum absolute atomic E-state index is 0. The Morgan fingerprint density at radius 1 is 1.14 bits per heavy atom. The van der Waals surface area contributed by atoms with Gasteiger partial charge in [0.05, 0.1) is 6.54 Å². The standard InChI is InChI=1S/C20H25FN4O2.HI/c1-3-22-19(24-14-20(2,27)15-8-5-4-6-9-15)23-13-18(26)25-17-11-7-10-16(21)12-17;/h4-12,27H,3,13-14H2,1-2H3,(H,25,26)(H2,22,23,24);1H. The summed E-state index contributed by atoms with van der Waals surface area (Å²) in [5, 5.41) is 19.3. The molecule has 0 heterocycles. The highest BCUT2D eigenvalue weighted by Gasteiger charge is 2.23. The molecule has 152 valence electrons. The van der Waals surface area contributed by atoms with Crippen molar-refractivity contribution in [3.63, 3.8) is 0 Å². The van der Waals surface area contributed by atoms with Crippen LogP contribution in [0, 0.1) is 5.82 Å². The van der Waals surface area contributed by atoms with Crippen LogP contribution < -0.4 is 16.0 Å². The molecule has 0 radical (unpaired) electrons. The largest absolute Gasteiger partial charge is 0.384 e. The van der Waals surface area contributed by atoms with Crippen molar-refractivity contribution in [2.45, 2.75) is 19.4 Å². The van der Waals surface area contributed by atoms with Gasteiger partial charge in [-0.3, -0.25) is 4.79 Å². The van der Waals surface area contributed by atoms with Crippen molar-refractivity contribution in [2.24, 2.45) is 4.99 Å². The Bertz CT molecular complexity index is 785. The Kier molecular flexibility index (Phi) is 9.88. The van der Waals surface area contributed by atoms with Crippen LogP contribution in [0.15, 0.2) is 59.6 Å². The van der Waals surface area contributed by atoms with Crippen LogP contribution in [0.5, 0.6) is 0 Å². The quantitative estimate of drug-likeness (QED) is 0.268.